The standard InChI is InChI=1S/C22H21N3OS/c1-2-3-8-16-11-12-18-19(23)20(27-22(18)25-16)21(26)24-17-10-9-14-6-4-5-7-15(14)13-17/h4-7,9-13H,2-3,8,23H2,1H3,(H,24,26). The van der Waals surface area contributed by atoms with Crippen molar-refractivity contribution in [3.05, 3.63) is 65.2 Å². The number of carbonyl (C=O) groups is 1. The fourth-order valence-corrected chi connectivity index (χ4v) is 4.16. The molecule has 0 fully saturated rings. The van der Waals surface area contributed by atoms with E-state index in [4.69, 9.17) is 5.73 Å². The lowest BCUT2D eigenvalue weighted by Gasteiger charge is -2.06. The van der Waals surface area contributed by atoms with Crippen molar-refractivity contribution in [3.63, 3.8) is 0 Å². The average Bonchev–Trinajstić information content (AvgIpc) is 3.02. The Morgan fingerprint density at radius 2 is 1.93 bits per heavy atom. The number of fused-ring (bicyclic) bond motifs is 2. The minimum absolute atomic E-state index is 0.194. The summed E-state index contributed by atoms with van der Waals surface area (Å²) in [5.41, 5.74) is 8.55. The van der Waals surface area contributed by atoms with Crippen molar-refractivity contribution >= 4 is 49.6 Å². The first-order valence-electron chi connectivity index (χ1n) is 9.13. The molecule has 0 aliphatic rings. The maximum absolute atomic E-state index is 12.8. The van der Waals surface area contributed by atoms with Crippen molar-refractivity contribution in [2.75, 3.05) is 11.1 Å². The van der Waals surface area contributed by atoms with Crippen LogP contribution in [0.5, 0.6) is 0 Å². The van der Waals surface area contributed by atoms with Gasteiger partial charge in [0.15, 0.2) is 0 Å². The van der Waals surface area contributed by atoms with E-state index in [0.29, 0.717) is 10.6 Å². The van der Waals surface area contributed by atoms with Gasteiger partial charge >= 0.3 is 0 Å². The molecule has 5 heteroatoms. The number of pyridine rings is 1. The molecular formula is C22H21N3OS. The third-order valence-electron chi connectivity index (χ3n) is 4.65. The Balaban J connectivity index is 1.62. The van der Waals surface area contributed by atoms with Crippen LogP contribution in [0, 0.1) is 0 Å². The van der Waals surface area contributed by atoms with Crippen molar-refractivity contribution < 1.29 is 4.79 Å². The van der Waals surface area contributed by atoms with Crippen LogP contribution in [-0.2, 0) is 6.42 Å². The number of anilines is 2. The predicted molar refractivity (Wildman–Crippen MR) is 115 cm³/mol. The number of aryl methyl sites for hydroxylation is 1. The summed E-state index contributed by atoms with van der Waals surface area (Å²) in [6.45, 7) is 2.16. The quantitative estimate of drug-likeness (QED) is 0.475. The lowest BCUT2D eigenvalue weighted by molar-refractivity contribution is 0.103. The highest BCUT2D eigenvalue weighted by Crippen LogP contribution is 2.33. The number of aromatic nitrogens is 1. The number of carbonyl (C=O) groups excluding carboxylic acids is 1. The molecule has 0 atom stereocenters. The summed E-state index contributed by atoms with van der Waals surface area (Å²) >= 11 is 1.35. The van der Waals surface area contributed by atoms with Crippen LogP contribution in [0.25, 0.3) is 21.0 Å². The van der Waals surface area contributed by atoms with Crippen molar-refractivity contribution in [1.29, 1.82) is 0 Å². The number of nitrogens with two attached hydrogens (primary N) is 1. The highest BCUT2D eigenvalue weighted by atomic mass is 32.1. The molecule has 4 aromatic rings. The van der Waals surface area contributed by atoms with Gasteiger partial charge in [0.25, 0.3) is 5.91 Å². The van der Waals surface area contributed by atoms with E-state index >= 15 is 0 Å². The Bertz CT molecular complexity index is 1130. The summed E-state index contributed by atoms with van der Waals surface area (Å²) < 4.78 is 0. The van der Waals surface area contributed by atoms with E-state index in [9.17, 15) is 4.79 Å². The number of nitrogen functional groups attached to an aromatic ring is 1. The molecule has 2 heterocycles. The maximum atomic E-state index is 12.8. The topological polar surface area (TPSA) is 68.0 Å². The predicted octanol–water partition coefficient (Wildman–Crippen LogP) is 5.63. The monoisotopic (exact) mass is 375 g/mol. The van der Waals surface area contributed by atoms with Gasteiger partial charge in [-0.2, -0.15) is 0 Å². The number of nitrogens with one attached hydrogen (secondary N) is 1. The van der Waals surface area contributed by atoms with Crippen molar-refractivity contribution in [3.8, 4) is 0 Å². The van der Waals surface area contributed by atoms with Crippen molar-refractivity contribution in [2.24, 2.45) is 0 Å². The average molecular weight is 375 g/mol. The lowest BCUT2D eigenvalue weighted by Crippen LogP contribution is -2.11. The van der Waals surface area contributed by atoms with E-state index < -0.39 is 0 Å². The van der Waals surface area contributed by atoms with Crippen LogP contribution in [0.3, 0.4) is 0 Å². The van der Waals surface area contributed by atoms with Gasteiger partial charge in [0.05, 0.1) is 5.69 Å². The molecule has 4 rings (SSSR count). The van der Waals surface area contributed by atoms with Gasteiger partial charge < -0.3 is 11.1 Å². The van der Waals surface area contributed by atoms with E-state index in [1.54, 1.807) is 0 Å². The lowest BCUT2D eigenvalue weighted by atomic mass is 10.1. The van der Waals surface area contributed by atoms with Crippen LogP contribution in [-0.4, -0.2) is 10.9 Å². The Morgan fingerprint density at radius 1 is 1.11 bits per heavy atom. The molecule has 0 spiro atoms. The molecule has 0 aliphatic carbocycles. The van der Waals surface area contributed by atoms with Gasteiger partial charge in [-0.05, 0) is 47.9 Å². The molecule has 0 saturated carbocycles. The molecule has 4 nitrogen and oxygen atoms in total. The molecule has 136 valence electrons. The summed E-state index contributed by atoms with van der Waals surface area (Å²) in [7, 11) is 0. The van der Waals surface area contributed by atoms with E-state index in [-0.39, 0.29) is 5.91 Å². The first-order chi connectivity index (χ1) is 13.2. The molecular weight excluding hydrogens is 354 g/mol. The summed E-state index contributed by atoms with van der Waals surface area (Å²) in [5.74, 6) is -0.194. The highest BCUT2D eigenvalue weighted by Gasteiger charge is 2.18. The number of hydrogen-bond acceptors (Lipinski definition) is 4. The summed E-state index contributed by atoms with van der Waals surface area (Å²) in [5, 5.41) is 6.04. The number of rotatable bonds is 5. The van der Waals surface area contributed by atoms with Crippen LogP contribution in [0.4, 0.5) is 11.4 Å². The van der Waals surface area contributed by atoms with Gasteiger partial charge in [0, 0.05) is 16.8 Å². The van der Waals surface area contributed by atoms with E-state index in [0.717, 1.165) is 51.6 Å². The number of benzene rings is 2. The van der Waals surface area contributed by atoms with Crippen LogP contribution in [0.1, 0.15) is 35.1 Å². The molecule has 0 radical (unpaired) electrons. The molecule has 2 aromatic heterocycles. The Kier molecular flexibility index (Phi) is 4.77. The zero-order valence-electron chi connectivity index (χ0n) is 15.2. The van der Waals surface area contributed by atoms with Crippen molar-refractivity contribution in [1.82, 2.24) is 4.98 Å². The summed E-state index contributed by atoms with van der Waals surface area (Å²) in [6, 6.07) is 17.9. The number of hydrogen-bond donors (Lipinski definition) is 2. The zero-order valence-corrected chi connectivity index (χ0v) is 16.0. The van der Waals surface area contributed by atoms with E-state index in [2.05, 4.69) is 17.2 Å². The molecule has 27 heavy (non-hydrogen) atoms. The normalized spacial score (nSPS) is 11.1. The third-order valence-corrected chi connectivity index (χ3v) is 5.77. The third kappa shape index (κ3) is 3.51. The molecule has 0 unspecified atom stereocenters. The van der Waals surface area contributed by atoms with Crippen molar-refractivity contribution in [2.45, 2.75) is 26.2 Å². The fourth-order valence-electron chi connectivity index (χ4n) is 3.16. The van der Waals surface area contributed by atoms with Gasteiger partial charge in [-0.3, -0.25) is 4.79 Å². The van der Waals surface area contributed by atoms with Gasteiger partial charge in [-0.15, -0.1) is 11.3 Å². The Labute approximate surface area is 162 Å². The summed E-state index contributed by atoms with van der Waals surface area (Å²) in [4.78, 5) is 18.8. The first kappa shape index (κ1) is 17.5. The number of amides is 1. The van der Waals surface area contributed by atoms with Crippen LogP contribution in [0.15, 0.2) is 54.6 Å². The Morgan fingerprint density at radius 3 is 2.74 bits per heavy atom. The van der Waals surface area contributed by atoms with E-state index in [1.165, 1.54) is 11.3 Å². The SMILES string of the molecule is CCCCc1ccc2c(N)c(C(=O)Nc3ccc4ccccc4c3)sc2n1. The molecule has 1 amide bonds. The smallest absolute Gasteiger partial charge is 0.267 e. The molecule has 0 aliphatic heterocycles. The van der Waals surface area contributed by atoms with Crippen LogP contribution < -0.4 is 11.1 Å². The highest BCUT2D eigenvalue weighted by molar-refractivity contribution is 7.21. The summed E-state index contributed by atoms with van der Waals surface area (Å²) in [6.07, 6.45) is 3.18. The van der Waals surface area contributed by atoms with Gasteiger partial charge in [-0.1, -0.05) is 43.7 Å². The van der Waals surface area contributed by atoms with E-state index in [1.807, 2.05) is 54.6 Å². The first-order valence-corrected chi connectivity index (χ1v) is 9.95. The fraction of sp³-hybridized carbons (Fsp3) is 0.182. The van der Waals surface area contributed by atoms with Gasteiger partial charge in [0.1, 0.15) is 9.71 Å². The molecule has 2 aromatic carbocycles. The minimum atomic E-state index is -0.194. The maximum Gasteiger partial charge on any atom is 0.267 e. The minimum Gasteiger partial charge on any atom is -0.397 e. The van der Waals surface area contributed by atoms with Crippen LogP contribution >= 0.6 is 11.3 Å². The second-order valence-electron chi connectivity index (χ2n) is 6.62. The van der Waals surface area contributed by atoms with Gasteiger partial charge in [-0.25, -0.2) is 4.98 Å². The molecule has 0 saturated heterocycles. The molecule has 3 N–H and O–H groups in total. The Hall–Kier alpha value is -2.92. The zero-order chi connectivity index (χ0) is 18.8. The number of unbranched alkanes of at least 4 members (excludes halogenated alkanes) is 1. The van der Waals surface area contributed by atoms with Gasteiger partial charge in [0.2, 0.25) is 0 Å². The largest absolute Gasteiger partial charge is 0.397 e. The molecule has 0 bridgehead atoms. The van der Waals surface area contributed by atoms with Crippen LogP contribution in [0.2, 0.25) is 0 Å². The number of nitrogens with zero attached hydrogens (tertiary/aromatic N) is 1. The second kappa shape index (κ2) is 7.37. The number of thiophene rings is 1. The second-order valence-corrected chi connectivity index (χ2v) is 7.62.